The van der Waals surface area contributed by atoms with Crippen LogP contribution in [-0.4, -0.2) is 0 Å². The van der Waals surface area contributed by atoms with Gasteiger partial charge in [0.25, 0.3) is 0 Å². The van der Waals surface area contributed by atoms with E-state index in [2.05, 4.69) is 69.2 Å². The number of hydrogen-bond donors (Lipinski definition) is 0. The Hall–Kier alpha value is 0. The first-order chi connectivity index (χ1) is 8.16. The lowest BCUT2D eigenvalue weighted by Gasteiger charge is -2.59. The summed E-state index contributed by atoms with van der Waals surface area (Å²) in [6.07, 6.45) is 5.52. The number of rotatable bonds is 1. The van der Waals surface area contributed by atoms with Crippen LogP contribution in [0.15, 0.2) is 0 Å². The fraction of sp³-hybridized carbons (Fsp3) is 1.00. The second kappa shape index (κ2) is 4.50. The van der Waals surface area contributed by atoms with Crippen LogP contribution in [0.25, 0.3) is 0 Å². The first-order valence-electron chi connectivity index (χ1n) is 8.16. The van der Waals surface area contributed by atoms with Crippen molar-refractivity contribution in [1.29, 1.82) is 0 Å². The summed E-state index contributed by atoms with van der Waals surface area (Å²) in [5, 5.41) is 0. The van der Waals surface area contributed by atoms with Crippen molar-refractivity contribution >= 4 is 0 Å². The Bertz CT molecular complexity index is 311. The lowest BCUT2D eigenvalue weighted by molar-refractivity contribution is -0.0873. The summed E-state index contributed by atoms with van der Waals surface area (Å²) in [6, 6.07) is 0. The smallest absolute Gasteiger partial charge is 0.0252 e. The second-order valence-electron chi connectivity index (χ2n) is 10.2. The Morgan fingerprint density at radius 1 is 0.579 bits per heavy atom. The highest BCUT2D eigenvalue weighted by molar-refractivity contribution is 5.02. The zero-order valence-electron chi connectivity index (χ0n) is 15.3. The molecule has 0 aromatic rings. The Morgan fingerprint density at radius 3 is 1.16 bits per heavy atom. The van der Waals surface area contributed by atoms with E-state index < -0.39 is 0 Å². The van der Waals surface area contributed by atoms with E-state index in [-0.39, 0.29) is 0 Å². The summed E-state index contributed by atoms with van der Waals surface area (Å²) >= 11 is 0. The minimum Gasteiger partial charge on any atom is -0.0597 e. The van der Waals surface area contributed by atoms with E-state index in [1.165, 1.54) is 25.7 Å². The van der Waals surface area contributed by atoms with Gasteiger partial charge in [-0.25, -0.2) is 0 Å². The molecule has 0 spiro atoms. The van der Waals surface area contributed by atoms with Crippen molar-refractivity contribution in [2.45, 2.75) is 94.9 Å². The van der Waals surface area contributed by atoms with Gasteiger partial charge in [-0.05, 0) is 52.8 Å². The fourth-order valence-electron chi connectivity index (χ4n) is 3.63. The predicted octanol–water partition coefficient (Wildman–Crippen LogP) is 6.69. The monoisotopic (exact) mass is 266 g/mol. The van der Waals surface area contributed by atoms with Crippen LogP contribution in [-0.2, 0) is 0 Å². The lowest BCUT2D eigenvalue weighted by atomic mass is 9.46. The Balaban J connectivity index is 2.94. The highest BCUT2D eigenvalue weighted by Crippen LogP contribution is 2.62. The Labute approximate surface area is 122 Å². The third kappa shape index (κ3) is 2.74. The predicted molar refractivity (Wildman–Crippen MR) is 87.4 cm³/mol. The molecule has 114 valence electrons. The summed E-state index contributed by atoms with van der Waals surface area (Å²) in [6.45, 7) is 24.5. The molecule has 1 saturated carbocycles. The van der Waals surface area contributed by atoms with Crippen LogP contribution in [0.5, 0.6) is 0 Å². The molecule has 0 aliphatic heterocycles. The maximum atomic E-state index is 2.54. The molecule has 1 rings (SSSR count). The van der Waals surface area contributed by atoms with Gasteiger partial charge in [0.1, 0.15) is 0 Å². The zero-order valence-corrected chi connectivity index (χ0v) is 15.3. The summed E-state index contributed by atoms with van der Waals surface area (Å²) in [5.74, 6) is 0. The minimum atomic E-state index is 0.372. The van der Waals surface area contributed by atoms with Gasteiger partial charge in [0.2, 0.25) is 0 Å². The van der Waals surface area contributed by atoms with Crippen molar-refractivity contribution < 1.29 is 0 Å². The first-order valence-corrected chi connectivity index (χ1v) is 8.16. The fourth-order valence-corrected chi connectivity index (χ4v) is 3.63. The minimum absolute atomic E-state index is 0.372. The van der Waals surface area contributed by atoms with Crippen LogP contribution in [0.3, 0.4) is 0 Å². The van der Waals surface area contributed by atoms with E-state index in [0.717, 1.165) is 0 Å². The molecule has 1 fully saturated rings. The average Bonchev–Trinajstić information content (AvgIpc) is 2.19. The van der Waals surface area contributed by atoms with Crippen LogP contribution in [0.2, 0.25) is 0 Å². The topological polar surface area (TPSA) is 0 Å². The molecule has 0 nitrogen and oxygen atoms in total. The molecule has 1 aliphatic rings. The van der Waals surface area contributed by atoms with Gasteiger partial charge in [-0.1, -0.05) is 69.2 Å². The Morgan fingerprint density at radius 2 is 0.895 bits per heavy atom. The number of hydrogen-bond acceptors (Lipinski definition) is 0. The van der Waals surface area contributed by atoms with Gasteiger partial charge in [-0.2, -0.15) is 0 Å². The van der Waals surface area contributed by atoms with Crippen molar-refractivity contribution in [1.82, 2.24) is 0 Å². The average molecular weight is 267 g/mol. The van der Waals surface area contributed by atoms with Gasteiger partial charge in [-0.15, -0.1) is 0 Å². The molecular formula is C19H38. The van der Waals surface area contributed by atoms with E-state index >= 15 is 0 Å². The van der Waals surface area contributed by atoms with Gasteiger partial charge in [0.05, 0.1) is 0 Å². The van der Waals surface area contributed by atoms with E-state index in [1.807, 2.05) is 0 Å². The third-order valence-electron chi connectivity index (χ3n) is 7.65. The highest BCUT2D eigenvalue weighted by atomic mass is 14.6. The maximum absolute atomic E-state index is 2.54. The molecule has 0 aromatic carbocycles. The summed E-state index contributed by atoms with van der Waals surface area (Å²) in [7, 11) is 0. The van der Waals surface area contributed by atoms with E-state index in [1.54, 1.807) is 0 Å². The van der Waals surface area contributed by atoms with Gasteiger partial charge in [0.15, 0.2) is 0 Å². The molecule has 0 unspecified atom stereocenters. The lowest BCUT2D eigenvalue weighted by Crippen LogP contribution is -2.49. The van der Waals surface area contributed by atoms with Crippen LogP contribution in [0.1, 0.15) is 94.9 Å². The molecule has 0 amide bonds. The van der Waals surface area contributed by atoms with Gasteiger partial charge in [0, 0.05) is 0 Å². The molecule has 19 heavy (non-hydrogen) atoms. The quantitative estimate of drug-likeness (QED) is 0.496. The van der Waals surface area contributed by atoms with Crippen molar-refractivity contribution in [2.75, 3.05) is 0 Å². The third-order valence-corrected chi connectivity index (χ3v) is 7.65. The van der Waals surface area contributed by atoms with Gasteiger partial charge < -0.3 is 0 Å². The molecular weight excluding hydrogens is 228 g/mol. The molecule has 0 heterocycles. The second-order valence-corrected chi connectivity index (χ2v) is 10.2. The molecule has 0 heteroatoms. The van der Waals surface area contributed by atoms with Gasteiger partial charge >= 0.3 is 0 Å². The van der Waals surface area contributed by atoms with Crippen LogP contribution in [0, 0.1) is 27.1 Å². The largest absolute Gasteiger partial charge is 0.0597 e. The SMILES string of the molecule is CC(C)(C)C1(C)CCC(C)(C(C)(C)C(C)(C)C)CC1. The van der Waals surface area contributed by atoms with Crippen molar-refractivity contribution in [3.8, 4) is 0 Å². The van der Waals surface area contributed by atoms with Crippen molar-refractivity contribution in [3.63, 3.8) is 0 Å². The molecule has 0 aromatic heterocycles. The summed E-state index contributed by atoms with van der Waals surface area (Å²) < 4.78 is 0. The first kappa shape index (κ1) is 17.1. The van der Waals surface area contributed by atoms with Crippen molar-refractivity contribution in [2.24, 2.45) is 27.1 Å². The molecule has 1 aliphatic carbocycles. The standard InChI is InChI=1S/C19H38/c1-15(2,3)17(7,8)19(10)13-11-18(9,12-14-19)16(4,5)6/h11-14H2,1-10H3. The molecule has 0 atom stereocenters. The maximum Gasteiger partial charge on any atom is -0.0252 e. The normalized spacial score (nSPS) is 34.4. The molecule has 0 saturated heterocycles. The van der Waals surface area contributed by atoms with Crippen LogP contribution in [0.4, 0.5) is 0 Å². The summed E-state index contributed by atoms with van der Waals surface area (Å²) in [5.41, 5.74) is 2.19. The summed E-state index contributed by atoms with van der Waals surface area (Å²) in [4.78, 5) is 0. The molecule has 0 radical (unpaired) electrons. The molecule has 0 bridgehead atoms. The van der Waals surface area contributed by atoms with E-state index in [0.29, 0.717) is 27.1 Å². The van der Waals surface area contributed by atoms with E-state index in [9.17, 15) is 0 Å². The van der Waals surface area contributed by atoms with Crippen molar-refractivity contribution in [3.05, 3.63) is 0 Å². The van der Waals surface area contributed by atoms with Crippen LogP contribution >= 0.6 is 0 Å². The zero-order chi connectivity index (χ0) is 15.3. The highest BCUT2D eigenvalue weighted by Gasteiger charge is 2.52. The Kier molecular flexibility index (Phi) is 4.04. The van der Waals surface area contributed by atoms with Gasteiger partial charge in [-0.3, -0.25) is 0 Å². The van der Waals surface area contributed by atoms with Crippen LogP contribution < -0.4 is 0 Å². The molecule has 0 N–H and O–H groups in total. The van der Waals surface area contributed by atoms with E-state index in [4.69, 9.17) is 0 Å².